The second kappa shape index (κ2) is 5.31. The summed E-state index contributed by atoms with van der Waals surface area (Å²) < 4.78 is 39.5. The number of carbonyl (C=O) groups is 2. The number of ketones is 1. The van der Waals surface area contributed by atoms with Crippen molar-refractivity contribution in [3.8, 4) is 5.75 Å². The largest absolute Gasteiger partial charge is 0.573 e. The van der Waals surface area contributed by atoms with Gasteiger partial charge in [0.05, 0.1) is 5.33 Å². The van der Waals surface area contributed by atoms with Crippen LogP contribution in [-0.4, -0.2) is 23.8 Å². The summed E-state index contributed by atoms with van der Waals surface area (Å²) in [6.45, 7) is 0. The summed E-state index contributed by atoms with van der Waals surface area (Å²) in [6.07, 6.45) is -4.44. The first kappa shape index (κ1) is 13.7. The number of benzene rings is 1. The van der Waals surface area contributed by atoms with E-state index in [9.17, 15) is 22.8 Å². The molecular weight excluding hydrogens is 305 g/mol. The Morgan fingerprint density at radius 3 is 2.53 bits per heavy atom. The third kappa shape index (κ3) is 3.85. The topological polar surface area (TPSA) is 43.4 Å². The second-order valence-corrected chi connectivity index (χ2v) is 3.53. The number of rotatable bonds is 4. The third-order valence-electron chi connectivity index (χ3n) is 1.81. The predicted octanol–water partition coefficient (Wildman–Crippen LogP) is 2.98. The number of carbonyl (C=O) groups excluding carboxylic acids is 2. The van der Waals surface area contributed by atoms with Crippen molar-refractivity contribution >= 4 is 28.0 Å². The lowest BCUT2D eigenvalue weighted by Crippen LogP contribution is -2.17. The summed E-state index contributed by atoms with van der Waals surface area (Å²) in [4.78, 5) is 22.0. The Morgan fingerprint density at radius 2 is 2.06 bits per heavy atom. The van der Waals surface area contributed by atoms with Crippen LogP contribution in [0.15, 0.2) is 18.2 Å². The van der Waals surface area contributed by atoms with E-state index in [1.165, 1.54) is 0 Å². The van der Waals surface area contributed by atoms with Crippen molar-refractivity contribution in [1.82, 2.24) is 0 Å². The van der Waals surface area contributed by atoms with Crippen LogP contribution >= 0.6 is 15.9 Å². The van der Waals surface area contributed by atoms with Gasteiger partial charge in [0.15, 0.2) is 12.1 Å². The monoisotopic (exact) mass is 310 g/mol. The molecule has 3 nitrogen and oxygen atoms in total. The van der Waals surface area contributed by atoms with E-state index in [0.29, 0.717) is 6.29 Å². The van der Waals surface area contributed by atoms with E-state index in [-0.39, 0.29) is 16.5 Å². The van der Waals surface area contributed by atoms with Crippen molar-refractivity contribution in [2.75, 3.05) is 5.33 Å². The molecule has 0 fully saturated rings. The molecule has 0 radical (unpaired) electrons. The van der Waals surface area contributed by atoms with Gasteiger partial charge in [-0.25, -0.2) is 0 Å². The SMILES string of the molecule is O=Cc1ccc(OC(F)(F)F)cc1C(=O)CBr. The molecule has 1 aromatic rings. The average molecular weight is 311 g/mol. The van der Waals surface area contributed by atoms with Gasteiger partial charge in [-0.2, -0.15) is 0 Å². The minimum atomic E-state index is -4.84. The van der Waals surface area contributed by atoms with Gasteiger partial charge in [-0.15, -0.1) is 13.2 Å². The number of hydrogen-bond donors (Lipinski definition) is 0. The zero-order chi connectivity index (χ0) is 13.1. The van der Waals surface area contributed by atoms with Gasteiger partial charge in [-0.05, 0) is 18.2 Å². The number of Topliss-reactive ketones (excluding diaryl/α,β-unsaturated/α-hetero) is 1. The van der Waals surface area contributed by atoms with Gasteiger partial charge in [-0.3, -0.25) is 9.59 Å². The molecule has 0 aliphatic carbocycles. The lowest BCUT2D eigenvalue weighted by Gasteiger charge is -2.10. The number of halogens is 4. The third-order valence-corrected chi connectivity index (χ3v) is 2.32. The fourth-order valence-corrected chi connectivity index (χ4v) is 1.45. The van der Waals surface area contributed by atoms with Gasteiger partial charge >= 0.3 is 6.36 Å². The van der Waals surface area contributed by atoms with Crippen molar-refractivity contribution in [2.45, 2.75) is 6.36 Å². The average Bonchev–Trinajstić information content (AvgIpc) is 2.25. The molecule has 0 aromatic heterocycles. The van der Waals surface area contributed by atoms with Gasteiger partial charge < -0.3 is 4.74 Å². The molecule has 0 N–H and O–H groups in total. The second-order valence-electron chi connectivity index (χ2n) is 2.97. The number of alkyl halides is 4. The Morgan fingerprint density at radius 1 is 1.41 bits per heavy atom. The molecule has 7 heteroatoms. The van der Waals surface area contributed by atoms with Crippen molar-refractivity contribution in [3.63, 3.8) is 0 Å². The van der Waals surface area contributed by atoms with Crippen molar-refractivity contribution in [3.05, 3.63) is 29.3 Å². The normalized spacial score (nSPS) is 11.1. The molecule has 0 heterocycles. The molecule has 0 saturated carbocycles. The summed E-state index contributed by atoms with van der Waals surface area (Å²) >= 11 is 2.87. The van der Waals surface area contributed by atoms with Crippen LogP contribution in [0.4, 0.5) is 13.2 Å². The molecule has 0 aliphatic heterocycles. The first-order chi connectivity index (χ1) is 7.87. The van der Waals surface area contributed by atoms with Crippen LogP contribution in [0.5, 0.6) is 5.75 Å². The summed E-state index contributed by atoms with van der Waals surface area (Å²) in [7, 11) is 0. The van der Waals surface area contributed by atoms with Crippen molar-refractivity contribution < 1.29 is 27.5 Å². The van der Waals surface area contributed by atoms with Gasteiger partial charge in [0.1, 0.15) is 5.75 Å². The predicted molar refractivity (Wildman–Crippen MR) is 56.6 cm³/mol. The highest BCUT2D eigenvalue weighted by Gasteiger charge is 2.31. The minimum Gasteiger partial charge on any atom is -0.406 e. The van der Waals surface area contributed by atoms with Crippen LogP contribution in [0, 0.1) is 0 Å². The molecular formula is C10H6BrF3O3. The van der Waals surface area contributed by atoms with Crippen molar-refractivity contribution in [1.29, 1.82) is 0 Å². The zero-order valence-electron chi connectivity index (χ0n) is 8.25. The highest BCUT2D eigenvalue weighted by Crippen LogP contribution is 2.25. The standard InChI is InChI=1S/C10H6BrF3O3/c11-4-9(16)8-3-7(17-10(12,13)14)2-1-6(8)5-15/h1-3,5H,4H2. The van der Waals surface area contributed by atoms with Crippen LogP contribution in [0.2, 0.25) is 0 Å². The molecule has 92 valence electrons. The van der Waals surface area contributed by atoms with Crippen LogP contribution in [-0.2, 0) is 0 Å². The molecule has 0 aliphatic rings. The quantitative estimate of drug-likeness (QED) is 0.488. The summed E-state index contributed by atoms with van der Waals surface area (Å²) in [6, 6.07) is 2.97. The fraction of sp³-hybridized carbons (Fsp3) is 0.200. The molecule has 0 amide bonds. The van der Waals surface area contributed by atoms with Gasteiger partial charge in [0.2, 0.25) is 0 Å². The maximum absolute atomic E-state index is 12.0. The summed E-state index contributed by atoms with van der Waals surface area (Å²) in [5.41, 5.74) is -0.0948. The van der Waals surface area contributed by atoms with Crippen LogP contribution in [0.1, 0.15) is 20.7 Å². The number of ether oxygens (including phenoxy) is 1. The van der Waals surface area contributed by atoms with E-state index in [1.807, 2.05) is 0 Å². The van der Waals surface area contributed by atoms with Gasteiger partial charge in [-0.1, -0.05) is 15.9 Å². The highest BCUT2D eigenvalue weighted by atomic mass is 79.9. The van der Waals surface area contributed by atoms with E-state index < -0.39 is 17.9 Å². The minimum absolute atomic E-state index is 0.0176. The maximum atomic E-state index is 12.0. The Labute approximate surface area is 103 Å². The maximum Gasteiger partial charge on any atom is 0.573 e. The Bertz CT molecular complexity index is 443. The summed E-state index contributed by atoms with van der Waals surface area (Å²) in [5.74, 6) is -1.04. The van der Waals surface area contributed by atoms with Gasteiger partial charge in [0, 0.05) is 11.1 Å². The number of hydrogen-bond acceptors (Lipinski definition) is 3. The Kier molecular flexibility index (Phi) is 4.28. The first-order valence-corrected chi connectivity index (χ1v) is 5.43. The van der Waals surface area contributed by atoms with Crippen LogP contribution < -0.4 is 4.74 Å². The van der Waals surface area contributed by atoms with Crippen LogP contribution in [0.3, 0.4) is 0 Å². The first-order valence-electron chi connectivity index (χ1n) is 4.31. The molecule has 0 atom stereocenters. The van der Waals surface area contributed by atoms with E-state index in [2.05, 4.69) is 20.7 Å². The lowest BCUT2D eigenvalue weighted by molar-refractivity contribution is -0.274. The molecule has 0 spiro atoms. The fourth-order valence-electron chi connectivity index (χ4n) is 1.15. The Balaban J connectivity index is 3.13. The molecule has 1 aromatic carbocycles. The zero-order valence-corrected chi connectivity index (χ0v) is 9.84. The smallest absolute Gasteiger partial charge is 0.406 e. The molecule has 0 bridgehead atoms. The van der Waals surface area contributed by atoms with Crippen LogP contribution in [0.25, 0.3) is 0 Å². The lowest BCUT2D eigenvalue weighted by atomic mass is 10.1. The molecule has 17 heavy (non-hydrogen) atoms. The molecule has 0 saturated heterocycles. The van der Waals surface area contributed by atoms with Gasteiger partial charge in [0.25, 0.3) is 0 Å². The van der Waals surface area contributed by atoms with E-state index in [4.69, 9.17) is 0 Å². The van der Waals surface area contributed by atoms with Crippen molar-refractivity contribution in [2.24, 2.45) is 0 Å². The van der Waals surface area contributed by atoms with E-state index in [1.54, 1.807) is 0 Å². The number of aldehydes is 1. The molecule has 1 rings (SSSR count). The molecule has 0 unspecified atom stereocenters. The summed E-state index contributed by atoms with van der Waals surface area (Å²) in [5, 5.41) is -0.0939. The van der Waals surface area contributed by atoms with E-state index >= 15 is 0 Å². The Hall–Kier alpha value is -1.37. The highest BCUT2D eigenvalue weighted by molar-refractivity contribution is 9.09. The van der Waals surface area contributed by atoms with E-state index in [0.717, 1.165) is 18.2 Å².